The number of rotatable bonds is 4. The fourth-order valence-electron chi connectivity index (χ4n) is 1.77. The molecule has 3 aromatic rings. The predicted molar refractivity (Wildman–Crippen MR) is 80.6 cm³/mol. The maximum Gasteiger partial charge on any atom is 0.323 e. The van der Waals surface area contributed by atoms with Crippen LogP contribution in [0, 0.1) is 6.92 Å². The van der Waals surface area contributed by atoms with Crippen LogP contribution >= 0.6 is 11.8 Å². The van der Waals surface area contributed by atoms with Crippen molar-refractivity contribution >= 4 is 11.8 Å². The van der Waals surface area contributed by atoms with Crippen LogP contribution in [0.15, 0.2) is 58.6 Å². The number of aromatic nitrogens is 4. The van der Waals surface area contributed by atoms with Gasteiger partial charge >= 0.3 is 6.01 Å². The molecule has 0 saturated heterocycles. The molecule has 3 rings (SSSR count). The van der Waals surface area contributed by atoms with E-state index in [-0.39, 0.29) is 0 Å². The molecule has 0 radical (unpaired) electrons. The van der Waals surface area contributed by atoms with Gasteiger partial charge in [-0.1, -0.05) is 30.0 Å². The second-order valence-electron chi connectivity index (χ2n) is 4.39. The summed E-state index contributed by atoms with van der Waals surface area (Å²) in [4.78, 5) is 10.2. The van der Waals surface area contributed by atoms with Gasteiger partial charge in [-0.15, -0.1) is 5.10 Å². The second-order valence-corrected chi connectivity index (χ2v) is 5.48. The summed E-state index contributed by atoms with van der Waals surface area (Å²) in [6, 6.07) is 12.2. The van der Waals surface area contributed by atoms with Crippen molar-refractivity contribution in [1.82, 2.24) is 19.7 Å². The molecular formula is C15H14N4OS. The molecular weight excluding hydrogens is 284 g/mol. The van der Waals surface area contributed by atoms with E-state index in [0.29, 0.717) is 11.9 Å². The van der Waals surface area contributed by atoms with Crippen molar-refractivity contribution in [2.24, 2.45) is 7.05 Å². The normalized spacial score (nSPS) is 10.6. The third-order valence-electron chi connectivity index (χ3n) is 2.94. The first-order valence-corrected chi connectivity index (χ1v) is 7.27. The number of benzene rings is 1. The summed E-state index contributed by atoms with van der Waals surface area (Å²) < 4.78 is 7.50. The van der Waals surface area contributed by atoms with E-state index in [2.05, 4.69) is 27.2 Å². The van der Waals surface area contributed by atoms with Gasteiger partial charge in [0.25, 0.3) is 5.88 Å². The van der Waals surface area contributed by atoms with Crippen LogP contribution in [0.5, 0.6) is 11.9 Å². The molecule has 0 amide bonds. The van der Waals surface area contributed by atoms with Crippen molar-refractivity contribution < 1.29 is 4.74 Å². The molecule has 0 aliphatic carbocycles. The molecule has 0 saturated carbocycles. The quantitative estimate of drug-likeness (QED) is 0.738. The molecule has 0 unspecified atom stereocenters. The van der Waals surface area contributed by atoms with Gasteiger partial charge in [-0.05, 0) is 25.1 Å². The van der Waals surface area contributed by atoms with E-state index in [0.717, 1.165) is 15.5 Å². The first-order chi connectivity index (χ1) is 10.2. The Balaban J connectivity index is 1.92. The third kappa shape index (κ3) is 3.05. The Bertz CT molecular complexity index is 728. The number of aryl methyl sites for hydroxylation is 1. The maximum atomic E-state index is 5.71. The number of hydrogen-bond donors (Lipinski definition) is 0. The highest BCUT2D eigenvalue weighted by atomic mass is 32.2. The summed E-state index contributed by atoms with van der Waals surface area (Å²) in [7, 11) is 1.89. The van der Waals surface area contributed by atoms with E-state index in [9.17, 15) is 0 Å². The molecule has 0 aliphatic heterocycles. The summed E-state index contributed by atoms with van der Waals surface area (Å²) in [6.45, 7) is 2.01. The van der Waals surface area contributed by atoms with Crippen molar-refractivity contribution in [1.29, 1.82) is 0 Å². The lowest BCUT2D eigenvalue weighted by Crippen LogP contribution is -1.94. The summed E-state index contributed by atoms with van der Waals surface area (Å²) >= 11 is 1.62. The van der Waals surface area contributed by atoms with Crippen molar-refractivity contribution in [2.75, 3.05) is 0 Å². The predicted octanol–water partition coefficient (Wildman–Crippen LogP) is 3.46. The van der Waals surface area contributed by atoms with E-state index >= 15 is 0 Å². The summed E-state index contributed by atoms with van der Waals surface area (Å²) in [5.74, 6) is 0.523. The molecule has 0 spiro atoms. The molecule has 106 valence electrons. The summed E-state index contributed by atoms with van der Waals surface area (Å²) in [5.41, 5.74) is 1.04. The van der Waals surface area contributed by atoms with Crippen LogP contribution in [0.4, 0.5) is 0 Å². The smallest absolute Gasteiger partial charge is 0.323 e. The van der Waals surface area contributed by atoms with Gasteiger partial charge < -0.3 is 4.74 Å². The largest absolute Gasteiger partial charge is 0.402 e. The second kappa shape index (κ2) is 5.97. The van der Waals surface area contributed by atoms with Gasteiger partial charge in [-0.25, -0.2) is 9.97 Å². The summed E-state index contributed by atoms with van der Waals surface area (Å²) in [6.07, 6.45) is 3.28. The Labute approximate surface area is 127 Å². The average Bonchev–Trinajstić information content (AvgIpc) is 2.77. The Kier molecular flexibility index (Phi) is 3.87. The number of nitrogens with zero attached hydrogens (tertiary/aromatic N) is 4. The van der Waals surface area contributed by atoms with Crippen LogP contribution in [0.2, 0.25) is 0 Å². The SMILES string of the molecule is Cc1c(Sc2ccccc2)c(Oc2ncccn2)nn1C. The van der Waals surface area contributed by atoms with Crippen molar-refractivity contribution in [2.45, 2.75) is 16.7 Å². The Hall–Kier alpha value is -2.34. The highest BCUT2D eigenvalue weighted by Gasteiger charge is 2.17. The molecule has 1 aromatic carbocycles. The zero-order valence-electron chi connectivity index (χ0n) is 11.7. The fraction of sp³-hybridized carbons (Fsp3) is 0.133. The average molecular weight is 298 g/mol. The lowest BCUT2D eigenvalue weighted by molar-refractivity contribution is 0.410. The molecule has 0 aliphatic rings. The van der Waals surface area contributed by atoms with Crippen molar-refractivity contribution in [3.63, 3.8) is 0 Å². The zero-order chi connectivity index (χ0) is 14.7. The minimum atomic E-state index is 0.297. The minimum Gasteiger partial charge on any atom is -0.402 e. The number of ether oxygens (including phenoxy) is 1. The Morgan fingerprint density at radius 1 is 1.05 bits per heavy atom. The van der Waals surface area contributed by atoms with E-state index in [4.69, 9.17) is 4.74 Å². The topological polar surface area (TPSA) is 52.8 Å². The maximum absolute atomic E-state index is 5.71. The highest BCUT2D eigenvalue weighted by Crippen LogP contribution is 2.37. The zero-order valence-corrected chi connectivity index (χ0v) is 12.5. The first-order valence-electron chi connectivity index (χ1n) is 6.45. The van der Waals surface area contributed by atoms with Gasteiger partial charge in [0.05, 0.1) is 10.6 Å². The van der Waals surface area contributed by atoms with E-state index < -0.39 is 0 Å². The van der Waals surface area contributed by atoms with Crippen LogP contribution in [-0.2, 0) is 7.05 Å². The van der Waals surface area contributed by atoms with Crippen LogP contribution in [0.25, 0.3) is 0 Å². The summed E-state index contributed by atoms with van der Waals surface area (Å²) in [5, 5.41) is 4.40. The van der Waals surface area contributed by atoms with Crippen molar-refractivity contribution in [3.05, 3.63) is 54.5 Å². The van der Waals surface area contributed by atoms with Gasteiger partial charge in [0.15, 0.2) is 0 Å². The Morgan fingerprint density at radius 3 is 2.48 bits per heavy atom. The van der Waals surface area contributed by atoms with Crippen molar-refractivity contribution in [3.8, 4) is 11.9 Å². The monoisotopic (exact) mass is 298 g/mol. The van der Waals surface area contributed by atoms with Gasteiger partial charge in [-0.2, -0.15) is 0 Å². The molecule has 21 heavy (non-hydrogen) atoms. The molecule has 0 bridgehead atoms. The molecule has 0 N–H and O–H groups in total. The molecule has 2 aromatic heterocycles. The highest BCUT2D eigenvalue weighted by molar-refractivity contribution is 7.99. The third-order valence-corrected chi connectivity index (χ3v) is 4.12. The van der Waals surface area contributed by atoms with E-state index in [1.807, 2.05) is 32.2 Å². The molecule has 2 heterocycles. The minimum absolute atomic E-state index is 0.297. The first kappa shape index (κ1) is 13.6. The van der Waals surface area contributed by atoms with Gasteiger partial charge in [-0.3, -0.25) is 4.68 Å². The van der Waals surface area contributed by atoms with Crippen LogP contribution in [0.1, 0.15) is 5.69 Å². The van der Waals surface area contributed by atoms with Gasteiger partial charge in [0, 0.05) is 24.3 Å². The molecule has 0 fully saturated rings. The lowest BCUT2D eigenvalue weighted by Gasteiger charge is -2.04. The molecule has 6 heteroatoms. The van der Waals surface area contributed by atoms with Crippen LogP contribution < -0.4 is 4.74 Å². The van der Waals surface area contributed by atoms with E-state index in [1.165, 1.54) is 0 Å². The fourth-order valence-corrected chi connectivity index (χ4v) is 2.75. The van der Waals surface area contributed by atoms with Gasteiger partial charge in [0.2, 0.25) is 0 Å². The van der Waals surface area contributed by atoms with E-state index in [1.54, 1.807) is 34.9 Å². The Morgan fingerprint density at radius 2 is 1.76 bits per heavy atom. The number of hydrogen-bond acceptors (Lipinski definition) is 5. The molecule has 0 atom stereocenters. The lowest BCUT2D eigenvalue weighted by atomic mass is 10.4. The standard InChI is InChI=1S/C15H14N4OS/c1-11-13(21-12-7-4-3-5-8-12)14(18-19(11)2)20-15-16-9-6-10-17-15/h3-10H,1-2H3. The van der Waals surface area contributed by atoms with Crippen LogP contribution in [0.3, 0.4) is 0 Å². The molecule has 5 nitrogen and oxygen atoms in total. The van der Waals surface area contributed by atoms with Crippen LogP contribution in [-0.4, -0.2) is 19.7 Å². The van der Waals surface area contributed by atoms with Gasteiger partial charge in [0.1, 0.15) is 0 Å².